The van der Waals surface area contributed by atoms with Crippen LogP contribution in [-0.4, -0.2) is 20.4 Å². The van der Waals surface area contributed by atoms with Crippen molar-refractivity contribution in [2.45, 2.75) is 45.7 Å². The minimum Gasteiger partial charge on any atom is -0.354 e. The second kappa shape index (κ2) is 8.01. The van der Waals surface area contributed by atoms with Crippen LogP contribution in [0.15, 0.2) is 48.8 Å². The van der Waals surface area contributed by atoms with Gasteiger partial charge in [0.05, 0.1) is 17.1 Å². The molecule has 0 saturated carbocycles. The van der Waals surface area contributed by atoms with Gasteiger partial charge in [0.2, 0.25) is 5.91 Å². The first-order valence-corrected chi connectivity index (χ1v) is 9.02. The van der Waals surface area contributed by atoms with Gasteiger partial charge in [-0.3, -0.25) is 4.79 Å². The van der Waals surface area contributed by atoms with Crippen LogP contribution in [0, 0.1) is 5.92 Å². The predicted octanol–water partition coefficient (Wildman–Crippen LogP) is 4.05. The molecule has 1 aromatic carbocycles. The van der Waals surface area contributed by atoms with Crippen molar-refractivity contribution in [3.8, 4) is 0 Å². The van der Waals surface area contributed by atoms with Gasteiger partial charge in [-0.25, -0.2) is 4.98 Å². The van der Waals surface area contributed by atoms with Gasteiger partial charge in [-0.05, 0) is 36.6 Å². The average molecular weight is 338 g/mol. The summed E-state index contributed by atoms with van der Waals surface area (Å²) < 4.78 is 2.10. The average Bonchev–Trinajstić information content (AvgIpc) is 3.28. The van der Waals surface area contributed by atoms with Gasteiger partial charge in [-0.1, -0.05) is 32.4 Å². The van der Waals surface area contributed by atoms with Crippen LogP contribution in [0.25, 0.3) is 11.0 Å². The molecule has 0 unspecified atom stereocenters. The number of aromatic nitrogens is 3. The number of fused-ring (bicyclic) bond motifs is 1. The molecule has 0 saturated heterocycles. The Kier molecular flexibility index (Phi) is 5.53. The zero-order valence-electron chi connectivity index (χ0n) is 14.9. The van der Waals surface area contributed by atoms with Crippen molar-refractivity contribution in [3.05, 3.63) is 54.6 Å². The second-order valence-corrected chi connectivity index (χ2v) is 6.59. The maximum atomic E-state index is 12.4. The van der Waals surface area contributed by atoms with Gasteiger partial charge in [0.1, 0.15) is 5.82 Å². The van der Waals surface area contributed by atoms with Crippen LogP contribution >= 0.6 is 0 Å². The summed E-state index contributed by atoms with van der Waals surface area (Å²) in [5, 5.41) is 3.18. The number of amides is 1. The molecule has 2 heterocycles. The summed E-state index contributed by atoms with van der Waals surface area (Å²) in [6.45, 7) is 5.15. The van der Waals surface area contributed by atoms with Crippen molar-refractivity contribution in [1.29, 1.82) is 0 Å². The number of benzene rings is 1. The van der Waals surface area contributed by atoms with E-state index in [2.05, 4.69) is 33.7 Å². The topological polar surface area (TPSA) is 62.7 Å². The quantitative estimate of drug-likeness (QED) is 0.651. The number of rotatable bonds is 8. The number of hydrogen-bond donors (Lipinski definition) is 2. The lowest BCUT2D eigenvalue weighted by Gasteiger charge is -2.22. The molecule has 0 bridgehead atoms. The summed E-state index contributed by atoms with van der Waals surface area (Å²) >= 11 is 0. The zero-order valence-corrected chi connectivity index (χ0v) is 14.9. The molecule has 0 radical (unpaired) electrons. The number of hydrogen-bond acceptors (Lipinski definition) is 2. The lowest BCUT2D eigenvalue weighted by Crippen LogP contribution is -2.33. The molecule has 3 rings (SSSR count). The van der Waals surface area contributed by atoms with Gasteiger partial charge in [-0.15, -0.1) is 0 Å². The second-order valence-electron chi connectivity index (χ2n) is 6.59. The van der Waals surface area contributed by atoms with Crippen molar-refractivity contribution < 1.29 is 4.79 Å². The van der Waals surface area contributed by atoms with Gasteiger partial charge < -0.3 is 14.9 Å². The van der Waals surface area contributed by atoms with Crippen LogP contribution in [0.5, 0.6) is 0 Å². The Balaban J connectivity index is 1.64. The van der Waals surface area contributed by atoms with E-state index in [1.54, 1.807) is 0 Å². The summed E-state index contributed by atoms with van der Waals surface area (Å²) in [7, 11) is 0. The number of nitrogens with one attached hydrogen (secondary N) is 2. The Morgan fingerprint density at radius 2 is 2.00 bits per heavy atom. The highest BCUT2D eigenvalue weighted by atomic mass is 16.1. The van der Waals surface area contributed by atoms with E-state index in [0.717, 1.165) is 36.2 Å². The number of imidazole rings is 1. The van der Waals surface area contributed by atoms with Crippen molar-refractivity contribution in [2.24, 2.45) is 5.92 Å². The molecule has 1 amide bonds. The fraction of sp³-hybridized carbons (Fsp3) is 0.400. The number of nitrogens with zero attached hydrogens (tertiary/aromatic N) is 2. The summed E-state index contributed by atoms with van der Waals surface area (Å²) in [5.41, 5.74) is 1.94. The Morgan fingerprint density at radius 3 is 2.72 bits per heavy atom. The molecule has 2 aromatic heterocycles. The summed E-state index contributed by atoms with van der Waals surface area (Å²) in [6.07, 6.45) is 6.37. The Labute approximate surface area is 148 Å². The normalized spacial score (nSPS) is 13.7. The summed E-state index contributed by atoms with van der Waals surface area (Å²) in [4.78, 5) is 20.5. The van der Waals surface area contributed by atoms with E-state index in [1.165, 1.54) is 0 Å². The molecule has 2 N–H and O–H groups in total. The fourth-order valence-electron chi connectivity index (χ4n) is 3.02. The molecule has 0 spiro atoms. The highest BCUT2D eigenvalue weighted by Gasteiger charge is 2.23. The minimum absolute atomic E-state index is 0.0814. The number of H-pyrrole nitrogens is 1. The van der Waals surface area contributed by atoms with Gasteiger partial charge in [0, 0.05) is 25.4 Å². The number of aromatic amines is 1. The molecule has 5 nitrogen and oxygen atoms in total. The molecular weight excluding hydrogens is 312 g/mol. The SMILES string of the molecule is CC[C@H](C)[C@H](NC(=O)CCCn1cccc1)c1nc2ccccc2[nH]1. The van der Waals surface area contributed by atoms with Crippen molar-refractivity contribution in [1.82, 2.24) is 19.9 Å². The van der Waals surface area contributed by atoms with Crippen LogP contribution in [0.4, 0.5) is 0 Å². The van der Waals surface area contributed by atoms with Crippen molar-refractivity contribution in [3.63, 3.8) is 0 Å². The predicted molar refractivity (Wildman–Crippen MR) is 100 cm³/mol. The van der Waals surface area contributed by atoms with E-state index in [1.807, 2.05) is 48.8 Å². The van der Waals surface area contributed by atoms with Gasteiger partial charge in [0.25, 0.3) is 0 Å². The smallest absolute Gasteiger partial charge is 0.220 e. The Bertz CT molecular complexity index is 773. The molecule has 2 atom stereocenters. The lowest BCUT2D eigenvalue weighted by atomic mass is 9.98. The molecule has 25 heavy (non-hydrogen) atoms. The zero-order chi connectivity index (χ0) is 17.6. The standard InChI is InChI=1S/C20H26N4O/c1-3-15(2)19(20-21-16-9-4-5-10-17(16)22-20)23-18(25)11-8-14-24-12-6-7-13-24/h4-7,9-10,12-13,15,19H,3,8,11,14H2,1-2H3,(H,21,22)(H,23,25)/t15-,19-/m0/s1. The molecule has 3 aromatic rings. The van der Waals surface area contributed by atoms with E-state index in [0.29, 0.717) is 12.3 Å². The molecule has 0 fully saturated rings. The van der Waals surface area contributed by atoms with E-state index >= 15 is 0 Å². The number of carbonyl (C=O) groups excluding carboxylic acids is 1. The van der Waals surface area contributed by atoms with Gasteiger partial charge >= 0.3 is 0 Å². The van der Waals surface area contributed by atoms with E-state index in [-0.39, 0.29) is 11.9 Å². The van der Waals surface area contributed by atoms with Crippen LogP contribution in [-0.2, 0) is 11.3 Å². The van der Waals surface area contributed by atoms with Crippen molar-refractivity contribution in [2.75, 3.05) is 0 Å². The van der Waals surface area contributed by atoms with Crippen LogP contribution in [0.1, 0.15) is 45.0 Å². The van der Waals surface area contributed by atoms with Crippen LogP contribution < -0.4 is 5.32 Å². The number of carbonyl (C=O) groups is 1. The molecule has 5 heteroatoms. The fourth-order valence-corrected chi connectivity index (χ4v) is 3.02. The van der Waals surface area contributed by atoms with Crippen LogP contribution in [0.2, 0.25) is 0 Å². The van der Waals surface area contributed by atoms with E-state index in [4.69, 9.17) is 0 Å². The maximum absolute atomic E-state index is 12.4. The highest BCUT2D eigenvalue weighted by Crippen LogP contribution is 2.24. The summed E-state index contributed by atoms with van der Waals surface area (Å²) in [6, 6.07) is 11.9. The first-order valence-electron chi connectivity index (χ1n) is 9.02. The van der Waals surface area contributed by atoms with Gasteiger partial charge in [-0.2, -0.15) is 0 Å². The third-order valence-corrected chi connectivity index (χ3v) is 4.72. The first-order chi connectivity index (χ1) is 12.2. The van der Waals surface area contributed by atoms with Crippen molar-refractivity contribution >= 4 is 16.9 Å². The third kappa shape index (κ3) is 4.29. The lowest BCUT2D eigenvalue weighted by molar-refractivity contribution is -0.122. The van der Waals surface area contributed by atoms with E-state index in [9.17, 15) is 4.79 Å². The molecule has 0 aliphatic heterocycles. The van der Waals surface area contributed by atoms with Crippen LogP contribution in [0.3, 0.4) is 0 Å². The molecule has 0 aliphatic rings. The molecule has 132 valence electrons. The summed E-state index contributed by atoms with van der Waals surface area (Å²) in [5.74, 6) is 1.24. The molecular formula is C20H26N4O. The Morgan fingerprint density at radius 1 is 1.24 bits per heavy atom. The minimum atomic E-state index is -0.0866. The number of aryl methyl sites for hydroxylation is 1. The third-order valence-electron chi connectivity index (χ3n) is 4.72. The highest BCUT2D eigenvalue weighted by molar-refractivity contribution is 5.77. The Hall–Kier alpha value is -2.56. The maximum Gasteiger partial charge on any atom is 0.220 e. The number of para-hydroxylation sites is 2. The first kappa shape index (κ1) is 17.3. The van der Waals surface area contributed by atoms with Gasteiger partial charge in [0.15, 0.2) is 0 Å². The molecule has 0 aliphatic carbocycles. The largest absolute Gasteiger partial charge is 0.354 e. The monoisotopic (exact) mass is 338 g/mol. The van der Waals surface area contributed by atoms with E-state index < -0.39 is 0 Å².